The van der Waals surface area contributed by atoms with E-state index >= 15 is 0 Å². The highest BCUT2D eigenvalue weighted by Crippen LogP contribution is 2.41. The van der Waals surface area contributed by atoms with E-state index in [2.05, 4.69) is 84.2 Å². The van der Waals surface area contributed by atoms with Gasteiger partial charge in [0, 0.05) is 24.8 Å². The summed E-state index contributed by atoms with van der Waals surface area (Å²) in [6.45, 7) is 20.3. The third-order valence-corrected chi connectivity index (χ3v) is 9.29. The lowest BCUT2D eigenvalue weighted by molar-refractivity contribution is -0.132. The summed E-state index contributed by atoms with van der Waals surface area (Å²) in [7, 11) is -0.306. The summed E-state index contributed by atoms with van der Waals surface area (Å²) in [5.74, 6) is 1.03. The normalized spacial score (nSPS) is 13.4. The van der Waals surface area contributed by atoms with Crippen molar-refractivity contribution in [3.8, 4) is 11.5 Å². The van der Waals surface area contributed by atoms with Crippen LogP contribution in [0.15, 0.2) is 36.4 Å². The molecule has 37 heavy (non-hydrogen) atoms. The van der Waals surface area contributed by atoms with Crippen LogP contribution in [0.25, 0.3) is 0 Å². The number of rotatable bonds is 11. The second kappa shape index (κ2) is 12.5. The van der Waals surface area contributed by atoms with Crippen molar-refractivity contribution in [2.24, 2.45) is 0 Å². The highest BCUT2D eigenvalue weighted by molar-refractivity contribution is 6.89. The lowest BCUT2D eigenvalue weighted by atomic mass is 9.79. The van der Waals surface area contributed by atoms with Gasteiger partial charge in [0.25, 0.3) is 0 Å². The predicted octanol–water partition coefficient (Wildman–Crippen LogP) is 5.19. The van der Waals surface area contributed by atoms with Crippen molar-refractivity contribution in [2.45, 2.75) is 85.0 Å². The van der Waals surface area contributed by atoms with Crippen LogP contribution < -0.4 is 15.2 Å². The van der Waals surface area contributed by atoms with Gasteiger partial charge in [-0.15, -0.1) is 0 Å². The van der Waals surface area contributed by atoms with Crippen molar-refractivity contribution in [2.75, 3.05) is 26.6 Å². The van der Waals surface area contributed by atoms with Gasteiger partial charge in [-0.05, 0) is 35.4 Å². The van der Waals surface area contributed by atoms with Crippen molar-refractivity contribution in [3.63, 3.8) is 0 Å². The second-order valence-electron chi connectivity index (χ2n) is 12.5. The maximum Gasteiger partial charge on any atom is 0.249 e. The van der Waals surface area contributed by atoms with Gasteiger partial charge in [0.15, 0.2) is 0 Å². The number of amides is 1. The quantitative estimate of drug-likeness (QED) is 0.310. The van der Waals surface area contributed by atoms with Crippen LogP contribution in [0, 0.1) is 0 Å². The van der Waals surface area contributed by atoms with Gasteiger partial charge in [-0.3, -0.25) is 4.79 Å². The van der Waals surface area contributed by atoms with E-state index in [0.717, 1.165) is 22.4 Å². The Bertz CT molecular complexity index is 1000. The lowest BCUT2D eigenvalue weighted by Gasteiger charge is -2.29. The SMILES string of the molecule is COCCOC(C)C(=O)NCc1ccc([Si](C)(C)COc2cc(C(C)(C)C)c(O)c(C(C)(C)C)c2)cc1. The van der Waals surface area contributed by atoms with Gasteiger partial charge in [-0.1, -0.05) is 84.1 Å². The largest absolute Gasteiger partial charge is 0.507 e. The molecule has 6 nitrogen and oxygen atoms in total. The first-order chi connectivity index (χ1) is 17.1. The Balaban J connectivity index is 2.08. The Morgan fingerprint density at radius 1 is 0.973 bits per heavy atom. The minimum atomic E-state index is -1.91. The van der Waals surface area contributed by atoms with Crippen molar-refractivity contribution in [1.29, 1.82) is 0 Å². The van der Waals surface area contributed by atoms with Gasteiger partial charge in [0.1, 0.15) is 25.7 Å². The molecule has 2 aromatic carbocycles. The minimum absolute atomic E-state index is 0.138. The molecule has 0 radical (unpaired) electrons. The van der Waals surface area contributed by atoms with Gasteiger partial charge in [-0.2, -0.15) is 0 Å². The topological polar surface area (TPSA) is 77.0 Å². The number of hydrogen-bond acceptors (Lipinski definition) is 5. The summed E-state index contributed by atoms with van der Waals surface area (Å²) in [5.41, 5.74) is 2.44. The van der Waals surface area contributed by atoms with Gasteiger partial charge >= 0.3 is 0 Å². The van der Waals surface area contributed by atoms with Crippen molar-refractivity contribution in [3.05, 3.63) is 53.1 Å². The average molecular weight is 530 g/mol. The fourth-order valence-corrected chi connectivity index (χ4v) is 5.74. The molecular weight excluding hydrogens is 482 g/mol. The Morgan fingerprint density at radius 3 is 2.00 bits per heavy atom. The molecule has 1 atom stereocenters. The van der Waals surface area contributed by atoms with E-state index in [0.29, 0.717) is 31.7 Å². The maximum absolute atomic E-state index is 12.2. The monoisotopic (exact) mass is 529 g/mol. The number of carbonyl (C=O) groups is 1. The van der Waals surface area contributed by atoms with Crippen LogP contribution in [0.5, 0.6) is 11.5 Å². The molecule has 1 amide bonds. The Hall–Kier alpha value is -2.35. The first kappa shape index (κ1) is 30.9. The van der Waals surface area contributed by atoms with Crippen LogP contribution >= 0.6 is 0 Å². The molecule has 0 aliphatic carbocycles. The van der Waals surface area contributed by atoms with Crippen LogP contribution in [0.4, 0.5) is 0 Å². The number of phenolic OH excluding ortho intramolecular Hbond substituents is 1. The van der Waals surface area contributed by atoms with Gasteiger partial charge in [0.05, 0.1) is 19.4 Å². The third kappa shape index (κ3) is 8.87. The van der Waals surface area contributed by atoms with Gasteiger partial charge in [0.2, 0.25) is 5.91 Å². The molecule has 0 aromatic heterocycles. The summed E-state index contributed by atoms with van der Waals surface area (Å²) in [6.07, 6.45) is 0.104. The first-order valence-corrected chi connectivity index (χ1v) is 16.3. The molecule has 7 heteroatoms. The fraction of sp³-hybridized carbons (Fsp3) is 0.567. The standard InChI is InChI=1S/C30H47NO5Si/c1-21(35-16-15-34-8)28(33)31-19-22-11-13-24(14-12-22)37(9,10)20-36-23-17-25(29(2,3)4)27(32)26(18-23)30(5,6)7/h11-14,17-18,21,32H,15-16,19-20H2,1-10H3,(H,31,33). The number of benzene rings is 2. The van der Waals surface area contributed by atoms with E-state index in [1.807, 2.05) is 12.1 Å². The Labute approximate surface area is 224 Å². The molecule has 2 rings (SSSR count). The van der Waals surface area contributed by atoms with Crippen LogP contribution in [-0.2, 0) is 31.6 Å². The zero-order valence-corrected chi connectivity index (χ0v) is 25.5. The number of carbonyl (C=O) groups excluding carboxylic acids is 1. The highest BCUT2D eigenvalue weighted by atomic mass is 28.3. The lowest BCUT2D eigenvalue weighted by Crippen LogP contribution is -2.47. The molecule has 0 saturated heterocycles. The van der Waals surface area contributed by atoms with Crippen LogP contribution in [0.2, 0.25) is 13.1 Å². The molecule has 0 aliphatic rings. The smallest absolute Gasteiger partial charge is 0.249 e. The molecule has 2 N–H and O–H groups in total. The number of ether oxygens (including phenoxy) is 3. The Kier molecular flexibility index (Phi) is 10.4. The summed E-state index contributed by atoms with van der Waals surface area (Å²) in [6, 6.07) is 12.4. The van der Waals surface area contributed by atoms with E-state index < -0.39 is 14.2 Å². The number of nitrogens with one attached hydrogen (secondary N) is 1. The van der Waals surface area contributed by atoms with E-state index in [-0.39, 0.29) is 16.7 Å². The molecule has 0 bridgehead atoms. The average Bonchev–Trinajstić information content (AvgIpc) is 2.80. The maximum atomic E-state index is 12.2. The molecule has 206 valence electrons. The summed E-state index contributed by atoms with van der Waals surface area (Å²) < 4.78 is 16.8. The first-order valence-electron chi connectivity index (χ1n) is 13.0. The molecular formula is C30H47NO5Si. The van der Waals surface area contributed by atoms with E-state index in [9.17, 15) is 9.90 Å². The molecule has 0 aliphatic heterocycles. The third-order valence-electron chi connectivity index (χ3n) is 6.53. The fourth-order valence-electron chi connectivity index (χ4n) is 3.97. The number of hydrogen-bond donors (Lipinski definition) is 2. The zero-order chi connectivity index (χ0) is 28.0. The van der Waals surface area contributed by atoms with Crippen molar-refractivity contribution in [1.82, 2.24) is 5.32 Å². The van der Waals surface area contributed by atoms with Crippen molar-refractivity contribution >= 4 is 19.2 Å². The molecule has 0 spiro atoms. The second-order valence-corrected chi connectivity index (χ2v) is 17.1. The van der Waals surface area contributed by atoms with E-state index in [4.69, 9.17) is 14.2 Å². The van der Waals surface area contributed by atoms with Crippen molar-refractivity contribution < 1.29 is 24.1 Å². The molecule has 2 aromatic rings. The summed E-state index contributed by atoms with van der Waals surface area (Å²) in [5, 5.41) is 15.2. The molecule has 0 saturated carbocycles. The highest BCUT2D eigenvalue weighted by Gasteiger charge is 2.29. The molecule has 1 unspecified atom stereocenters. The number of phenols is 1. The summed E-state index contributed by atoms with van der Waals surface area (Å²) in [4.78, 5) is 12.2. The molecule has 0 fully saturated rings. The van der Waals surface area contributed by atoms with Gasteiger partial charge < -0.3 is 24.6 Å². The minimum Gasteiger partial charge on any atom is -0.507 e. The van der Waals surface area contributed by atoms with E-state index in [1.165, 1.54) is 5.19 Å². The zero-order valence-electron chi connectivity index (χ0n) is 24.5. The number of aromatic hydroxyl groups is 1. The van der Waals surface area contributed by atoms with Crippen LogP contribution in [0.3, 0.4) is 0 Å². The van der Waals surface area contributed by atoms with E-state index in [1.54, 1.807) is 14.0 Å². The Morgan fingerprint density at radius 2 is 1.51 bits per heavy atom. The predicted molar refractivity (Wildman–Crippen MR) is 154 cm³/mol. The van der Waals surface area contributed by atoms with Gasteiger partial charge in [-0.25, -0.2) is 0 Å². The van der Waals surface area contributed by atoms with Crippen LogP contribution in [-0.4, -0.2) is 51.7 Å². The summed E-state index contributed by atoms with van der Waals surface area (Å²) >= 11 is 0. The molecule has 0 heterocycles. The van der Waals surface area contributed by atoms with Crippen LogP contribution in [0.1, 0.15) is 65.2 Å². The number of methoxy groups -OCH3 is 1.